The summed E-state index contributed by atoms with van der Waals surface area (Å²) in [5.74, 6) is -0.114. The molecule has 1 atom stereocenters. The quantitative estimate of drug-likeness (QED) is 0.303. The van der Waals surface area contributed by atoms with Gasteiger partial charge in [-0.1, -0.05) is 41.6 Å². The van der Waals surface area contributed by atoms with E-state index in [9.17, 15) is 13.2 Å². The first-order valence-electron chi connectivity index (χ1n) is 12.3. The fraction of sp³-hybridized carbons (Fsp3) is 0.321. The van der Waals surface area contributed by atoms with Crippen LogP contribution >= 0.6 is 0 Å². The predicted molar refractivity (Wildman–Crippen MR) is 145 cm³/mol. The zero-order valence-corrected chi connectivity index (χ0v) is 23.0. The van der Waals surface area contributed by atoms with Crippen molar-refractivity contribution in [2.24, 2.45) is 7.05 Å². The second-order valence-corrected chi connectivity index (χ2v) is 10.9. The van der Waals surface area contributed by atoms with Gasteiger partial charge >= 0.3 is 5.97 Å². The molecule has 0 amide bonds. The van der Waals surface area contributed by atoms with Crippen molar-refractivity contribution >= 4 is 27.0 Å². The number of hydrogen-bond acceptors (Lipinski definition) is 7. The van der Waals surface area contributed by atoms with Crippen LogP contribution in [0.1, 0.15) is 47.1 Å². The van der Waals surface area contributed by atoms with Gasteiger partial charge in [0, 0.05) is 19.5 Å². The number of aryl methyl sites for hydroxylation is 3. The van der Waals surface area contributed by atoms with Crippen LogP contribution in [0.3, 0.4) is 0 Å². The number of sulfonamides is 1. The lowest BCUT2D eigenvalue weighted by Crippen LogP contribution is -2.24. The van der Waals surface area contributed by atoms with Crippen LogP contribution in [-0.2, 0) is 33.1 Å². The summed E-state index contributed by atoms with van der Waals surface area (Å²) in [6.07, 6.45) is 0.0974. The van der Waals surface area contributed by atoms with Crippen LogP contribution in [0.2, 0.25) is 0 Å². The maximum atomic E-state index is 13.0. The second kappa shape index (κ2) is 11.3. The summed E-state index contributed by atoms with van der Waals surface area (Å²) in [6.45, 7) is 5.85. The van der Waals surface area contributed by atoms with Gasteiger partial charge < -0.3 is 9.47 Å². The Bertz CT molecular complexity index is 1580. The van der Waals surface area contributed by atoms with Crippen LogP contribution in [0.25, 0.3) is 11.0 Å². The molecule has 1 heterocycles. The maximum Gasteiger partial charge on any atom is 0.306 e. The molecule has 3 aromatic carbocycles. The highest BCUT2D eigenvalue weighted by molar-refractivity contribution is 7.89. The summed E-state index contributed by atoms with van der Waals surface area (Å²) in [6, 6.07) is 16.5. The molecule has 0 aliphatic carbocycles. The lowest BCUT2D eigenvalue weighted by Gasteiger charge is -2.20. The number of hydrogen-bond donors (Lipinski definition) is 1. The largest absolute Gasteiger partial charge is 0.494 e. The third-order valence-corrected chi connectivity index (χ3v) is 8.16. The molecule has 9 nitrogen and oxygen atoms in total. The third-order valence-electron chi connectivity index (χ3n) is 6.60. The van der Waals surface area contributed by atoms with E-state index in [0.717, 1.165) is 27.8 Å². The second-order valence-electron chi connectivity index (χ2n) is 9.14. The van der Waals surface area contributed by atoms with E-state index < -0.39 is 10.0 Å². The van der Waals surface area contributed by atoms with Gasteiger partial charge in [-0.15, -0.1) is 5.10 Å². The number of methoxy groups -OCH3 is 1. The van der Waals surface area contributed by atoms with Crippen molar-refractivity contribution in [1.82, 2.24) is 19.7 Å². The number of esters is 1. The van der Waals surface area contributed by atoms with Crippen molar-refractivity contribution in [3.63, 3.8) is 0 Å². The van der Waals surface area contributed by atoms with E-state index in [0.29, 0.717) is 16.8 Å². The smallest absolute Gasteiger partial charge is 0.306 e. The van der Waals surface area contributed by atoms with Crippen molar-refractivity contribution in [1.29, 1.82) is 0 Å². The van der Waals surface area contributed by atoms with E-state index in [2.05, 4.69) is 15.0 Å². The first-order valence-corrected chi connectivity index (χ1v) is 13.8. The van der Waals surface area contributed by atoms with Gasteiger partial charge in [-0.25, -0.2) is 17.8 Å². The predicted octanol–water partition coefficient (Wildman–Crippen LogP) is 4.16. The molecule has 4 rings (SSSR count). The number of benzene rings is 3. The van der Waals surface area contributed by atoms with E-state index in [-0.39, 0.29) is 36.4 Å². The molecule has 0 spiro atoms. The van der Waals surface area contributed by atoms with Gasteiger partial charge in [0.1, 0.15) is 16.8 Å². The summed E-state index contributed by atoms with van der Waals surface area (Å²) < 4.78 is 41.2. The Labute approximate surface area is 222 Å². The minimum absolute atomic E-state index is 0.0974. The molecule has 0 fully saturated rings. The van der Waals surface area contributed by atoms with Gasteiger partial charge in [-0.2, -0.15) is 0 Å². The maximum absolute atomic E-state index is 13.0. The van der Waals surface area contributed by atoms with Crippen molar-refractivity contribution in [3.05, 3.63) is 82.4 Å². The standard InChI is InChI=1S/C28H32N4O5S/c1-6-37-27(33)16-23(21-14-24-28(25(15-21)36-5)32(4)31-30-24)20-12-11-18(2)22(13-20)17-29-38(34,35)26-10-8-7-9-19(26)3/h7-15,23,29H,6,16-17H2,1-5H3. The van der Waals surface area contributed by atoms with Crippen molar-refractivity contribution < 1.29 is 22.7 Å². The van der Waals surface area contributed by atoms with E-state index in [1.54, 1.807) is 57.0 Å². The third kappa shape index (κ3) is 5.71. The molecular weight excluding hydrogens is 504 g/mol. The minimum Gasteiger partial charge on any atom is -0.494 e. The van der Waals surface area contributed by atoms with Gasteiger partial charge in [-0.3, -0.25) is 4.79 Å². The summed E-state index contributed by atoms with van der Waals surface area (Å²) in [5.41, 5.74) is 5.47. The molecule has 1 aromatic heterocycles. The van der Waals surface area contributed by atoms with Gasteiger partial charge in [0.2, 0.25) is 10.0 Å². The van der Waals surface area contributed by atoms with Crippen LogP contribution in [-0.4, -0.2) is 43.1 Å². The van der Waals surface area contributed by atoms with E-state index >= 15 is 0 Å². The topological polar surface area (TPSA) is 112 Å². The monoisotopic (exact) mass is 536 g/mol. The molecule has 1 unspecified atom stereocenters. The summed E-state index contributed by atoms with van der Waals surface area (Å²) >= 11 is 0. The number of fused-ring (bicyclic) bond motifs is 1. The first kappa shape index (κ1) is 27.3. The molecule has 0 saturated heterocycles. The van der Waals surface area contributed by atoms with Crippen molar-refractivity contribution in [3.8, 4) is 5.75 Å². The lowest BCUT2D eigenvalue weighted by molar-refractivity contribution is -0.143. The molecule has 0 aliphatic rings. The zero-order valence-electron chi connectivity index (χ0n) is 22.2. The Morgan fingerprint density at radius 1 is 1.05 bits per heavy atom. The van der Waals surface area contributed by atoms with Crippen LogP contribution in [0.15, 0.2) is 59.5 Å². The SMILES string of the molecule is CCOC(=O)CC(c1ccc(C)c(CNS(=O)(=O)c2ccccc2C)c1)c1cc(OC)c2c(c1)nnn2C. The number of nitrogens with one attached hydrogen (secondary N) is 1. The number of nitrogens with zero attached hydrogens (tertiary/aromatic N) is 3. The van der Waals surface area contributed by atoms with Gasteiger partial charge in [0.15, 0.2) is 0 Å². The molecular formula is C28H32N4O5S. The Balaban J connectivity index is 1.72. The van der Waals surface area contributed by atoms with Crippen LogP contribution in [0.4, 0.5) is 0 Å². The molecule has 0 radical (unpaired) electrons. The van der Waals surface area contributed by atoms with Gasteiger partial charge in [0.05, 0.1) is 25.0 Å². The van der Waals surface area contributed by atoms with Crippen molar-refractivity contribution in [2.45, 2.75) is 44.6 Å². The number of ether oxygens (including phenoxy) is 2. The fourth-order valence-corrected chi connectivity index (χ4v) is 5.80. The summed E-state index contributed by atoms with van der Waals surface area (Å²) in [7, 11) is -0.337. The number of carbonyl (C=O) groups is 1. The van der Waals surface area contributed by atoms with E-state index in [1.165, 1.54) is 0 Å². The molecule has 38 heavy (non-hydrogen) atoms. The normalized spacial score (nSPS) is 12.4. The number of rotatable bonds is 10. The highest BCUT2D eigenvalue weighted by Crippen LogP contribution is 2.35. The first-order chi connectivity index (χ1) is 18.1. The molecule has 200 valence electrons. The van der Waals surface area contributed by atoms with E-state index in [1.807, 2.05) is 37.3 Å². The Morgan fingerprint density at radius 2 is 1.82 bits per heavy atom. The molecule has 0 aliphatic heterocycles. The van der Waals surface area contributed by atoms with Gasteiger partial charge in [0.25, 0.3) is 0 Å². The van der Waals surface area contributed by atoms with Crippen molar-refractivity contribution in [2.75, 3.05) is 13.7 Å². The Morgan fingerprint density at radius 3 is 2.53 bits per heavy atom. The average Bonchev–Trinajstić information content (AvgIpc) is 3.27. The lowest BCUT2D eigenvalue weighted by atomic mass is 9.86. The number of aromatic nitrogens is 3. The summed E-state index contributed by atoms with van der Waals surface area (Å²) in [4.78, 5) is 12.9. The van der Waals surface area contributed by atoms with Crippen LogP contribution in [0.5, 0.6) is 5.75 Å². The summed E-state index contributed by atoms with van der Waals surface area (Å²) in [5, 5.41) is 8.35. The molecule has 0 saturated carbocycles. The molecule has 10 heteroatoms. The van der Waals surface area contributed by atoms with E-state index in [4.69, 9.17) is 9.47 Å². The highest BCUT2D eigenvalue weighted by Gasteiger charge is 2.24. The van der Waals surface area contributed by atoms with Crippen LogP contribution < -0.4 is 9.46 Å². The molecule has 0 bridgehead atoms. The minimum atomic E-state index is -3.71. The van der Waals surface area contributed by atoms with Crippen LogP contribution in [0, 0.1) is 13.8 Å². The fourth-order valence-electron chi connectivity index (χ4n) is 4.55. The Hall–Kier alpha value is -3.76. The Kier molecular flexibility index (Phi) is 8.13. The van der Waals surface area contributed by atoms with Gasteiger partial charge in [-0.05, 0) is 66.8 Å². The average molecular weight is 537 g/mol. The molecule has 4 aromatic rings. The zero-order chi connectivity index (χ0) is 27.4. The molecule has 1 N–H and O–H groups in total. The number of carbonyl (C=O) groups excluding carboxylic acids is 1. The highest BCUT2D eigenvalue weighted by atomic mass is 32.2.